The molecular formula is C39H44Cl2N4O12. The maximum Gasteiger partial charge on any atom is 0.230 e. The zero-order chi connectivity index (χ0) is 42.8. The molecule has 4 rings (SSSR count). The number of hydrogen-bond donors (Lipinski definition) is 4. The van der Waals surface area contributed by atoms with E-state index in [2.05, 4.69) is 10.4 Å². The van der Waals surface area contributed by atoms with Crippen LogP contribution in [0.5, 0.6) is 0 Å². The van der Waals surface area contributed by atoms with Crippen molar-refractivity contribution in [2.24, 2.45) is 10.4 Å². The second kappa shape index (κ2) is 19.9. The molecule has 0 amide bonds. The van der Waals surface area contributed by atoms with Crippen LogP contribution in [0, 0.1) is 23.7 Å². The molecule has 57 heavy (non-hydrogen) atoms. The second-order valence-electron chi connectivity index (χ2n) is 13.8. The van der Waals surface area contributed by atoms with Gasteiger partial charge in [0.25, 0.3) is 0 Å². The molecule has 0 aliphatic carbocycles. The van der Waals surface area contributed by atoms with E-state index in [4.69, 9.17) is 32.0 Å². The van der Waals surface area contributed by atoms with Crippen molar-refractivity contribution in [3.05, 3.63) is 115 Å². The molecule has 2 heterocycles. The first kappa shape index (κ1) is 46.3. The lowest BCUT2D eigenvalue weighted by molar-refractivity contribution is -0.138. The first-order chi connectivity index (χ1) is 26.7. The molecule has 0 saturated heterocycles. The molecule has 1 unspecified atom stereocenters. The average molecular weight is 832 g/mol. The van der Waals surface area contributed by atoms with Crippen LogP contribution in [0.4, 0.5) is 11.4 Å². The van der Waals surface area contributed by atoms with Crippen molar-refractivity contribution in [2.45, 2.75) is 84.7 Å². The maximum absolute atomic E-state index is 12.9. The number of aliphatic hydroxyl groups excluding tert-OH is 2. The highest BCUT2D eigenvalue weighted by atomic mass is 35.5. The summed E-state index contributed by atoms with van der Waals surface area (Å²) in [5.74, 6) is -3.09. The quantitative estimate of drug-likeness (QED) is 0.0355. The van der Waals surface area contributed by atoms with Crippen LogP contribution in [0.3, 0.4) is 0 Å². The number of rotatable bonds is 19. The fraction of sp³-hybridized carbons (Fsp3) is 0.385. The Balaban J connectivity index is 0.000000306. The van der Waals surface area contributed by atoms with E-state index >= 15 is 0 Å². The molecule has 16 nitrogen and oxygen atoms in total. The summed E-state index contributed by atoms with van der Waals surface area (Å²) in [4.78, 5) is 75.1. The molecule has 2 aromatic heterocycles. The normalized spacial score (nSPS) is 12.4. The lowest BCUT2D eigenvalue weighted by atomic mass is 9.90. The van der Waals surface area contributed by atoms with E-state index < -0.39 is 53.3 Å². The van der Waals surface area contributed by atoms with E-state index in [1.54, 1.807) is 32.9 Å². The van der Waals surface area contributed by atoms with Crippen molar-refractivity contribution in [2.75, 3.05) is 22.9 Å². The lowest BCUT2D eigenvalue weighted by Gasteiger charge is -2.29. The van der Waals surface area contributed by atoms with Gasteiger partial charge < -0.3 is 39.1 Å². The first-order valence-electron chi connectivity index (χ1n) is 17.4. The van der Waals surface area contributed by atoms with Crippen molar-refractivity contribution in [3.8, 4) is 0 Å². The molecule has 0 fully saturated rings. The Morgan fingerprint density at radius 2 is 1.16 bits per heavy atom. The van der Waals surface area contributed by atoms with Crippen molar-refractivity contribution in [1.82, 2.24) is 0 Å². The third-order valence-corrected chi connectivity index (χ3v) is 9.87. The number of carbonyl (C=O) groups excluding carboxylic acids is 4. The van der Waals surface area contributed by atoms with E-state index in [0.717, 1.165) is 0 Å². The molecule has 18 heteroatoms. The Morgan fingerprint density at radius 1 is 0.719 bits per heavy atom. The summed E-state index contributed by atoms with van der Waals surface area (Å²) < 4.78 is 10.1. The van der Waals surface area contributed by atoms with Gasteiger partial charge in [-0.3, -0.25) is 19.2 Å². The summed E-state index contributed by atoms with van der Waals surface area (Å²) in [6.45, 7) is 8.12. The number of anilines is 2. The largest absolute Gasteiger partial charge is 0.472 e. The van der Waals surface area contributed by atoms with E-state index in [9.17, 15) is 49.4 Å². The number of aryl methyl sites for hydroxylation is 2. The van der Waals surface area contributed by atoms with E-state index in [-0.39, 0.29) is 48.6 Å². The summed E-state index contributed by atoms with van der Waals surface area (Å²) in [6.07, 6.45) is 2.16. The molecule has 306 valence electrons. The third-order valence-electron chi connectivity index (χ3n) is 9.06. The molecule has 0 aliphatic heterocycles. The van der Waals surface area contributed by atoms with Gasteiger partial charge in [0, 0.05) is 63.2 Å². The number of nitrogens with zero attached hydrogens (tertiary/aromatic N) is 4. The summed E-state index contributed by atoms with van der Waals surface area (Å²) in [7, 11) is 0. The molecule has 1 atom stereocenters. The van der Waals surface area contributed by atoms with Gasteiger partial charge in [-0.25, -0.2) is 0 Å². The van der Waals surface area contributed by atoms with E-state index in [0.29, 0.717) is 32.3 Å². The fourth-order valence-electron chi connectivity index (χ4n) is 5.56. The summed E-state index contributed by atoms with van der Waals surface area (Å²) in [5.41, 5.74) is -0.313. The summed E-state index contributed by atoms with van der Waals surface area (Å²) in [5, 5.41) is 45.4. The average Bonchev–Trinajstić information content (AvgIpc) is 3.90. The van der Waals surface area contributed by atoms with Crippen LogP contribution in [0.15, 0.2) is 80.6 Å². The van der Waals surface area contributed by atoms with Gasteiger partial charge >= 0.3 is 0 Å². The Labute approximate surface area is 337 Å². The molecule has 0 bridgehead atoms. The van der Waals surface area contributed by atoms with Crippen molar-refractivity contribution in [3.63, 3.8) is 0 Å². The van der Waals surface area contributed by atoms with Gasteiger partial charge in [-0.15, -0.1) is 9.81 Å². The monoisotopic (exact) mass is 830 g/mol. The van der Waals surface area contributed by atoms with Crippen molar-refractivity contribution >= 4 is 57.7 Å². The van der Waals surface area contributed by atoms with Gasteiger partial charge in [0.2, 0.25) is 17.1 Å². The van der Waals surface area contributed by atoms with Gasteiger partial charge in [-0.1, -0.05) is 35.3 Å². The highest BCUT2D eigenvalue weighted by Gasteiger charge is 2.42. The predicted molar refractivity (Wildman–Crippen MR) is 211 cm³/mol. The fourth-order valence-corrected chi connectivity index (χ4v) is 5.88. The molecule has 2 aromatic carbocycles. The molecule has 0 radical (unpaired) electrons. The third kappa shape index (κ3) is 11.5. The second-order valence-corrected chi connectivity index (χ2v) is 14.6. The number of ketones is 4. The first-order valence-corrected chi connectivity index (χ1v) is 18.1. The molecule has 4 N–H and O–H groups in total. The van der Waals surface area contributed by atoms with Gasteiger partial charge in [-0.2, -0.15) is 0 Å². The highest BCUT2D eigenvalue weighted by Crippen LogP contribution is 2.34. The Hall–Kier alpha value is -5.10. The lowest BCUT2D eigenvalue weighted by Crippen LogP contribution is -2.47. The molecule has 0 aliphatic rings. The zero-order valence-corrected chi connectivity index (χ0v) is 33.6. The Bertz CT molecular complexity index is 2070. The minimum Gasteiger partial charge on any atom is -0.472 e. The van der Waals surface area contributed by atoms with Crippen molar-refractivity contribution in [1.29, 1.82) is 0 Å². The van der Waals surface area contributed by atoms with E-state index in [1.165, 1.54) is 79.9 Å². The van der Waals surface area contributed by atoms with Gasteiger partial charge in [-0.05, 0) is 87.3 Å². The molecule has 0 spiro atoms. The number of aliphatic hydroxyl groups is 4. The number of halogens is 2. The van der Waals surface area contributed by atoms with Crippen LogP contribution >= 0.6 is 23.2 Å². The zero-order valence-electron chi connectivity index (χ0n) is 32.1. The minimum atomic E-state index is -2.03. The molecule has 0 saturated carbocycles. The van der Waals surface area contributed by atoms with Gasteiger partial charge in [0.1, 0.15) is 0 Å². The number of nitroso groups, excluding NO2 is 2. The van der Waals surface area contributed by atoms with Crippen LogP contribution in [0.25, 0.3) is 0 Å². The maximum atomic E-state index is 12.9. The van der Waals surface area contributed by atoms with Crippen LogP contribution < -0.4 is 9.80 Å². The smallest absolute Gasteiger partial charge is 0.230 e. The summed E-state index contributed by atoms with van der Waals surface area (Å²) in [6, 6.07) is 9.34. The van der Waals surface area contributed by atoms with Crippen molar-refractivity contribution < 1.29 is 48.4 Å². The highest BCUT2D eigenvalue weighted by molar-refractivity contribution is 6.41. The minimum absolute atomic E-state index is 0.0212. The van der Waals surface area contributed by atoms with Crippen LogP contribution in [-0.2, 0) is 32.3 Å². The predicted octanol–water partition coefficient (Wildman–Crippen LogP) is 6.22. The molecular weight excluding hydrogens is 787 g/mol. The number of Topliss-reactive ketones (excluding diaryl/α,β-unsaturated/α-hetero) is 4. The Morgan fingerprint density at radius 3 is 1.51 bits per heavy atom. The number of benzene rings is 2. The summed E-state index contributed by atoms with van der Waals surface area (Å²) >= 11 is 12.4. The van der Waals surface area contributed by atoms with Crippen LogP contribution in [0.2, 0.25) is 10.0 Å². The Kier molecular flexibility index (Phi) is 16.1. The van der Waals surface area contributed by atoms with Gasteiger partial charge in [0.05, 0.1) is 38.1 Å². The number of carbonyl (C=O) groups is 4. The number of hydrogen-bond acceptors (Lipinski definition) is 16. The van der Waals surface area contributed by atoms with Crippen LogP contribution in [0.1, 0.15) is 80.1 Å². The SMILES string of the molecule is CCC(=O)C(C)(N=O)C(=O)CN(Cc1ccoc1)c1cc(Cl)c(C)cc1C(O)O.Cc1cc(C(O)O)c(N(CC(=O)C(=O)C(C)(C)N=O)Cc2ccoc2)cc1Cl. The van der Waals surface area contributed by atoms with E-state index in [1.807, 2.05) is 0 Å². The topological polar surface area (TPSA) is 241 Å². The van der Waals surface area contributed by atoms with Crippen LogP contribution in [-0.4, -0.2) is 67.7 Å². The number of furan rings is 2. The van der Waals surface area contributed by atoms with Gasteiger partial charge in [0.15, 0.2) is 29.7 Å². The standard InChI is InChI=1S/C20H23ClN2O6.C19H21ClN2O6/c1-4-17(24)20(3,22-28)18(25)10-23(9-13-5-6-29-11-13)16-8-15(21)12(2)7-14(16)19(26)27;1-11-6-13(18(25)26)15(7-14(11)20)22(8-12-4-5-28-10-12)9-16(23)17(24)19(2,3)21-27/h5-8,11,19,26-27H,4,9-10H2,1-3H3;4-7,10,18,25-26H,8-9H2,1-3H3. The molecule has 4 aromatic rings.